The van der Waals surface area contributed by atoms with Crippen LogP contribution in [0.4, 0.5) is 0 Å². The molecule has 2 heterocycles. The molecule has 5 atom stereocenters. The molecule has 10 nitrogen and oxygen atoms in total. The largest absolute Gasteiger partial charge is 0.508 e. The van der Waals surface area contributed by atoms with Crippen LogP contribution in [0.1, 0.15) is 0 Å². The predicted molar refractivity (Wildman–Crippen MR) is 105 cm³/mol. The summed E-state index contributed by atoms with van der Waals surface area (Å²) in [5.74, 6) is -1.33. The molecule has 6 N–H and O–H groups in total. The topological polar surface area (TPSA) is 170 Å². The van der Waals surface area contributed by atoms with Gasteiger partial charge in [0.2, 0.25) is 6.29 Å². The lowest BCUT2D eigenvalue weighted by atomic mass is 9.94. The van der Waals surface area contributed by atoms with Gasteiger partial charge in [0.05, 0.1) is 18.6 Å². The maximum absolute atomic E-state index is 12.5. The number of aromatic hydroxyl groups is 2. The number of phenols is 2. The summed E-state index contributed by atoms with van der Waals surface area (Å²) in [6, 6.07) is 9.59. The molecule has 3 aromatic rings. The molecule has 1 saturated heterocycles. The minimum atomic E-state index is -1.75. The second-order valence-electron chi connectivity index (χ2n) is 7.18. The Kier molecular flexibility index (Phi) is 5.56. The van der Waals surface area contributed by atoms with Crippen LogP contribution in [0, 0.1) is 5.92 Å². The number of aliphatic hydroxyl groups excluding tert-OH is 4. The lowest BCUT2D eigenvalue weighted by molar-refractivity contribution is -0.312. The van der Waals surface area contributed by atoms with Crippen molar-refractivity contribution in [2.75, 3.05) is 6.61 Å². The van der Waals surface area contributed by atoms with Gasteiger partial charge in [-0.05, 0) is 24.3 Å². The van der Waals surface area contributed by atoms with Crippen LogP contribution in [-0.4, -0.2) is 62.0 Å². The van der Waals surface area contributed by atoms with E-state index in [-0.39, 0.29) is 28.2 Å². The van der Waals surface area contributed by atoms with Crippen LogP contribution in [0.5, 0.6) is 17.2 Å². The Hall–Kier alpha value is -3.15. The van der Waals surface area contributed by atoms with E-state index in [2.05, 4.69) is 0 Å². The SMILES string of the molecule is O=c1cc(-c2ccc(O)cc2)oc2cc(O[C@@H]3O[C@H](O)[C@@H](O)[C@H](O)[C@@H]3CO)cc(O)c12. The van der Waals surface area contributed by atoms with Gasteiger partial charge in [-0.25, -0.2) is 0 Å². The molecule has 0 bridgehead atoms. The summed E-state index contributed by atoms with van der Waals surface area (Å²) in [6.07, 6.45) is -6.27. The fourth-order valence-corrected chi connectivity index (χ4v) is 3.42. The van der Waals surface area contributed by atoms with Crippen molar-refractivity contribution in [1.29, 1.82) is 0 Å². The van der Waals surface area contributed by atoms with Crippen LogP contribution < -0.4 is 10.2 Å². The molecule has 4 rings (SSSR count). The van der Waals surface area contributed by atoms with Crippen LogP contribution in [0.25, 0.3) is 22.3 Å². The summed E-state index contributed by atoms with van der Waals surface area (Å²) in [4.78, 5) is 12.5. The Balaban J connectivity index is 1.72. The third-order valence-corrected chi connectivity index (χ3v) is 5.10. The quantitative estimate of drug-likeness (QED) is 0.336. The van der Waals surface area contributed by atoms with E-state index < -0.39 is 48.5 Å². The number of benzene rings is 2. The van der Waals surface area contributed by atoms with Crippen molar-refractivity contribution >= 4 is 11.0 Å². The molecule has 0 saturated carbocycles. The zero-order valence-electron chi connectivity index (χ0n) is 16.0. The molecule has 1 aliphatic rings. The van der Waals surface area contributed by atoms with Gasteiger partial charge >= 0.3 is 0 Å². The summed E-state index contributed by atoms with van der Waals surface area (Å²) in [7, 11) is 0. The van der Waals surface area contributed by atoms with Gasteiger partial charge in [0, 0.05) is 23.8 Å². The van der Waals surface area contributed by atoms with Crippen LogP contribution in [0.15, 0.2) is 51.7 Å². The Morgan fingerprint density at radius 1 is 0.968 bits per heavy atom. The van der Waals surface area contributed by atoms with E-state index in [1.807, 2.05) is 0 Å². The molecule has 1 aromatic heterocycles. The molecular weight excluding hydrogens is 412 g/mol. The van der Waals surface area contributed by atoms with Crippen molar-refractivity contribution in [1.82, 2.24) is 0 Å². The molecule has 0 unspecified atom stereocenters. The van der Waals surface area contributed by atoms with Crippen LogP contribution >= 0.6 is 0 Å². The minimum absolute atomic E-state index is 0.0111. The highest BCUT2D eigenvalue weighted by Crippen LogP contribution is 2.34. The average Bonchev–Trinajstić information content (AvgIpc) is 2.72. The summed E-state index contributed by atoms with van der Waals surface area (Å²) in [6.45, 7) is -0.616. The van der Waals surface area contributed by atoms with E-state index in [0.717, 1.165) is 6.07 Å². The fraction of sp³-hybridized carbons (Fsp3) is 0.286. The van der Waals surface area contributed by atoms with E-state index in [9.17, 15) is 35.4 Å². The molecule has 1 aliphatic heterocycles. The minimum Gasteiger partial charge on any atom is -0.508 e. The third-order valence-electron chi connectivity index (χ3n) is 5.10. The zero-order valence-corrected chi connectivity index (χ0v) is 16.0. The van der Waals surface area contributed by atoms with Gasteiger partial charge in [0.15, 0.2) is 11.7 Å². The summed E-state index contributed by atoms with van der Waals surface area (Å²) in [5, 5.41) is 58.7. The highest BCUT2D eigenvalue weighted by Gasteiger charge is 2.45. The van der Waals surface area contributed by atoms with Crippen molar-refractivity contribution in [3.8, 4) is 28.6 Å². The Labute approximate surface area is 174 Å². The van der Waals surface area contributed by atoms with Crippen molar-refractivity contribution < 1.29 is 44.5 Å². The van der Waals surface area contributed by atoms with Crippen LogP contribution in [0.3, 0.4) is 0 Å². The van der Waals surface area contributed by atoms with Crippen molar-refractivity contribution in [2.45, 2.75) is 24.8 Å². The van der Waals surface area contributed by atoms with Gasteiger partial charge in [0.25, 0.3) is 0 Å². The Morgan fingerprint density at radius 2 is 1.68 bits per heavy atom. The molecule has 2 aromatic carbocycles. The molecular formula is C21H20O10. The number of aliphatic hydroxyl groups is 4. The highest BCUT2D eigenvalue weighted by molar-refractivity contribution is 5.86. The summed E-state index contributed by atoms with van der Waals surface area (Å²) in [5.41, 5.74) is -0.00800. The van der Waals surface area contributed by atoms with Gasteiger partial charge < -0.3 is 44.5 Å². The van der Waals surface area contributed by atoms with Crippen LogP contribution in [-0.2, 0) is 4.74 Å². The number of hydrogen-bond acceptors (Lipinski definition) is 10. The van der Waals surface area contributed by atoms with Gasteiger partial charge in [-0.15, -0.1) is 0 Å². The first-order valence-electron chi connectivity index (χ1n) is 9.36. The monoisotopic (exact) mass is 432 g/mol. The maximum Gasteiger partial charge on any atom is 0.210 e. The first kappa shape index (κ1) is 21.1. The van der Waals surface area contributed by atoms with E-state index in [4.69, 9.17) is 13.9 Å². The third kappa shape index (κ3) is 3.94. The zero-order chi connectivity index (χ0) is 22.3. The highest BCUT2D eigenvalue weighted by atomic mass is 16.7. The normalized spacial score (nSPS) is 26.1. The number of fused-ring (bicyclic) bond motifs is 1. The Bertz CT molecular complexity index is 1140. The molecule has 10 heteroatoms. The van der Waals surface area contributed by atoms with Gasteiger partial charge in [0.1, 0.15) is 40.1 Å². The molecule has 1 fully saturated rings. The number of phenolic OH excluding ortho intramolecular Hbond substituents is 2. The standard InChI is InChI=1S/C21H20O10/c22-8-12-18(26)19(27)20(28)31-21(12)29-11-5-13(24)17-14(25)7-15(30-16(17)6-11)9-1-3-10(23)4-2-9/h1-7,12,18-24,26-28H,8H2/t12-,18+,19-,20-,21+/m0/s1. The van der Waals surface area contributed by atoms with Crippen LogP contribution in [0.2, 0.25) is 0 Å². The first-order valence-corrected chi connectivity index (χ1v) is 9.36. The van der Waals surface area contributed by atoms with Gasteiger partial charge in [-0.3, -0.25) is 4.79 Å². The number of ether oxygens (including phenoxy) is 2. The average molecular weight is 432 g/mol. The summed E-state index contributed by atoms with van der Waals surface area (Å²) >= 11 is 0. The lowest BCUT2D eigenvalue weighted by Crippen LogP contribution is -2.57. The molecule has 0 spiro atoms. The van der Waals surface area contributed by atoms with E-state index in [1.165, 1.54) is 24.3 Å². The lowest BCUT2D eigenvalue weighted by Gasteiger charge is -2.39. The van der Waals surface area contributed by atoms with Crippen molar-refractivity contribution in [2.24, 2.45) is 5.92 Å². The maximum atomic E-state index is 12.5. The number of hydrogen-bond donors (Lipinski definition) is 6. The molecule has 0 radical (unpaired) electrons. The van der Waals surface area contributed by atoms with Crippen molar-refractivity contribution in [3.05, 3.63) is 52.7 Å². The second kappa shape index (κ2) is 8.17. The van der Waals surface area contributed by atoms with E-state index in [1.54, 1.807) is 12.1 Å². The Morgan fingerprint density at radius 3 is 2.35 bits per heavy atom. The van der Waals surface area contributed by atoms with Gasteiger partial charge in [-0.1, -0.05) is 0 Å². The van der Waals surface area contributed by atoms with E-state index in [0.29, 0.717) is 5.56 Å². The summed E-state index contributed by atoms with van der Waals surface area (Å²) < 4.78 is 16.4. The molecule has 31 heavy (non-hydrogen) atoms. The molecule has 0 aliphatic carbocycles. The van der Waals surface area contributed by atoms with Gasteiger partial charge in [-0.2, -0.15) is 0 Å². The molecule has 0 amide bonds. The smallest absolute Gasteiger partial charge is 0.210 e. The van der Waals surface area contributed by atoms with Crippen molar-refractivity contribution in [3.63, 3.8) is 0 Å². The predicted octanol–water partition coefficient (Wildman–Crippen LogP) is 0.255. The fourth-order valence-electron chi connectivity index (χ4n) is 3.42. The first-order chi connectivity index (χ1) is 14.8. The second-order valence-corrected chi connectivity index (χ2v) is 7.18. The number of rotatable bonds is 4. The molecule has 164 valence electrons. The van der Waals surface area contributed by atoms with E-state index >= 15 is 0 Å².